The second-order valence-corrected chi connectivity index (χ2v) is 39.4. The second-order valence-electron chi connectivity index (χ2n) is 29.0. The van der Waals surface area contributed by atoms with Gasteiger partial charge in [0.2, 0.25) is 0 Å². The summed E-state index contributed by atoms with van der Waals surface area (Å²) in [5, 5.41) is -15.0. The molecule has 0 aliphatic heterocycles. The Morgan fingerprint density at radius 2 is 0.514 bits per heavy atom. The van der Waals surface area contributed by atoms with Gasteiger partial charge in [0.1, 0.15) is 59.9 Å². The topological polar surface area (TPSA) is 273 Å². The summed E-state index contributed by atoms with van der Waals surface area (Å²) in [5.74, 6) is -8.65. The number of halogens is 36. The van der Waals surface area contributed by atoms with E-state index >= 15 is 0 Å². The molecule has 0 aliphatic carbocycles. The third kappa shape index (κ3) is 26.2. The van der Waals surface area contributed by atoms with E-state index in [2.05, 4.69) is 23.7 Å². The minimum Gasteiger partial charge on any atom is -0.743 e. The molecule has 0 saturated heterocycles. The van der Waals surface area contributed by atoms with E-state index in [1.807, 2.05) is 0 Å². The molecule has 9 aromatic rings. The van der Waals surface area contributed by atoms with E-state index in [9.17, 15) is 207 Å². The number of nitrogens with one attached hydrogen (secondary N) is 1. The maximum Gasteiger partial charge on any atom is 0.432 e. The average molecular weight is 2180 g/mol. The maximum absolute atomic E-state index is 14.0. The molecule has 0 heterocycles. The van der Waals surface area contributed by atoms with Crippen molar-refractivity contribution >= 4 is 80.6 Å². The molecule has 0 saturated carbocycles. The highest BCUT2D eigenvalue weighted by atomic mass is 32.2. The molecule has 0 radical (unpaired) electrons. The second kappa shape index (κ2) is 41.6. The van der Waals surface area contributed by atoms with Gasteiger partial charge in [-0.2, -0.15) is 158 Å². The summed E-state index contributed by atoms with van der Waals surface area (Å²) in [6.07, 6.45) is -71.9. The first-order chi connectivity index (χ1) is 63.4. The van der Waals surface area contributed by atoms with Gasteiger partial charge in [-0.1, -0.05) is 36.4 Å². The number of amides is 1. The molecule has 4 unspecified atom stereocenters. The number of carbonyl (C=O) groups is 2. The Balaban J connectivity index is 0.000000287. The average Bonchev–Trinajstić information content (AvgIpc) is 0.730. The summed E-state index contributed by atoms with van der Waals surface area (Å²) in [6.45, 7) is -3.42. The van der Waals surface area contributed by atoms with Gasteiger partial charge in [0.05, 0.1) is 32.7 Å². The van der Waals surface area contributed by atoms with Crippen molar-refractivity contribution in [3.63, 3.8) is 0 Å². The van der Waals surface area contributed by atoms with Crippen LogP contribution in [-0.2, 0) is 72.6 Å². The molecule has 0 bridgehead atoms. The van der Waals surface area contributed by atoms with Crippen molar-refractivity contribution < 1.29 is 235 Å². The highest BCUT2D eigenvalue weighted by Gasteiger charge is 2.87. The standard InChI is InChI=1S/C30H24F14O6S2.C25H16F11NO5S2.C25H15F11O6S2/c1-24(2,3)50-19-8-14-22(15-9-19)51(21-12-6-18(7-13-21)49-23(26(31,32)33)27(34,35)52(45,46)47)20-10-4-17(5-11-20)48-16-25(28(36,37)38,29(39,40)41)30(42,43)44;26-22(27,44(39,40)41)20(38)37-15-6-10-18(11-7-15)43(17-4-2-1-3-5-17)19-12-8-16(9-13-19)42-14-21(23(28,29)30,24(31,32)33)25(34,35)36;26-22(27,44(38,39)40)20(37)42-16-8-12-19(13-9-16)43(17-4-2-1-3-5-17)18-10-6-15(7-11-18)41-14-21(23(28,29)30,24(31,32)33)25(34,35)36/h4-15,23H,16H2,1-3H3;1-13H,14H2,(H-,37,38,39,40,41);1-13H,14H2. The summed E-state index contributed by atoms with van der Waals surface area (Å²) < 4.78 is 603. The Bertz CT molecular complexity index is 5700. The van der Waals surface area contributed by atoms with Gasteiger partial charge in [-0.05, 0) is 215 Å². The van der Waals surface area contributed by atoms with Gasteiger partial charge >= 0.3 is 89.4 Å². The quantitative estimate of drug-likeness (QED) is 0.0150. The number of carbonyl (C=O) groups excluding carboxylic acids is 2. The van der Waals surface area contributed by atoms with Crippen LogP contribution in [0.4, 0.5) is 164 Å². The maximum atomic E-state index is 14.0. The molecule has 0 spiro atoms. The summed E-state index contributed by atoms with van der Waals surface area (Å²) in [4.78, 5) is 26.2. The summed E-state index contributed by atoms with van der Waals surface area (Å²) in [7, 11) is -23.3. The normalized spacial score (nSPS) is 14.6. The Morgan fingerprint density at radius 1 is 0.293 bits per heavy atom. The molecule has 1 N–H and O–H groups in total. The van der Waals surface area contributed by atoms with Crippen molar-refractivity contribution in [2.75, 3.05) is 25.1 Å². The van der Waals surface area contributed by atoms with Gasteiger partial charge in [0, 0.05) is 5.69 Å². The Hall–Kier alpha value is -10.8. The monoisotopic (exact) mass is 2180 g/mol. The van der Waals surface area contributed by atoms with E-state index in [0.717, 1.165) is 109 Å². The van der Waals surface area contributed by atoms with Crippen LogP contribution in [0.5, 0.6) is 34.5 Å². The Labute approximate surface area is 772 Å². The van der Waals surface area contributed by atoms with Gasteiger partial charge < -0.3 is 47.4 Å². The van der Waals surface area contributed by atoms with E-state index in [0.29, 0.717) is 52.2 Å². The van der Waals surface area contributed by atoms with E-state index < -0.39 is 229 Å². The fourth-order valence-electron chi connectivity index (χ4n) is 11.3. The first-order valence-corrected chi connectivity index (χ1v) is 44.8. The molecular weight excluding hydrogens is 2120 g/mol. The molecule has 1 amide bonds. The van der Waals surface area contributed by atoms with Crippen molar-refractivity contribution in [1.82, 2.24) is 0 Å². The number of benzene rings is 9. The van der Waals surface area contributed by atoms with Crippen LogP contribution in [0.3, 0.4) is 0 Å². The largest absolute Gasteiger partial charge is 0.743 e. The summed E-state index contributed by atoms with van der Waals surface area (Å²) in [6, 6.07) is 46.3. The van der Waals surface area contributed by atoms with Crippen LogP contribution in [0.15, 0.2) is 275 Å². The van der Waals surface area contributed by atoms with Gasteiger partial charge in [-0.3, -0.25) is 4.79 Å². The van der Waals surface area contributed by atoms with E-state index in [1.165, 1.54) is 48.5 Å². The molecule has 18 nitrogen and oxygen atoms in total. The number of rotatable bonds is 29. The van der Waals surface area contributed by atoms with Gasteiger partial charge in [-0.15, -0.1) is 0 Å². The molecule has 0 fully saturated rings. The smallest absolute Gasteiger partial charge is 0.432 e. The first-order valence-electron chi connectivity index (χ1n) is 36.9. The van der Waals surface area contributed by atoms with Gasteiger partial charge in [0.25, 0.3) is 22.3 Å². The molecule has 9 aromatic carbocycles. The molecule has 770 valence electrons. The molecular formula is C80H55F36NO17S6. The predicted octanol–water partition coefficient (Wildman–Crippen LogP) is 23.2. The van der Waals surface area contributed by atoms with Crippen LogP contribution in [0.25, 0.3) is 0 Å². The number of anilines is 1. The lowest BCUT2D eigenvalue weighted by molar-refractivity contribution is -0.433. The fourth-order valence-corrected chi connectivity index (χ4v) is 18.4. The van der Waals surface area contributed by atoms with Crippen molar-refractivity contribution in [1.29, 1.82) is 0 Å². The number of alkyl halides is 36. The van der Waals surface area contributed by atoms with Gasteiger partial charge in [0.15, 0.2) is 74.4 Å². The lowest BCUT2D eigenvalue weighted by Crippen LogP contribution is -2.62. The minimum atomic E-state index is -6.87. The van der Waals surface area contributed by atoms with Crippen molar-refractivity contribution in [2.45, 2.75) is 154 Å². The van der Waals surface area contributed by atoms with Crippen LogP contribution in [-0.4, -0.2) is 160 Å². The lowest BCUT2D eigenvalue weighted by Gasteiger charge is -2.38. The van der Waals surface area contributed by atoms with Crippen LogP contribution in [0.2, 0.25) is 0 Å². The van der Waals surface area contributed by atoms with Crippen molar-refractivity contribution in [3.8, 4) is 34.5 Å². The number of hydrogen-bond acceptors (Lipinski definition) is 17. The van der Waals surface area contributed by atoms with Crippen molar-refractivity contribution in [3.05, 3.63) is 231 Å². The molecule has 4 atom stereocenters. The van der Waals surface area contributed by atoms with Crippen LogP contribution >= 0.6 is 0 Å². The molecule has 0 aliphatic rings. The zero-order valence-corrected chi connectivity index (χ0v) is 73.5. The van der Waals surface area contributed by atoms with Crippen LogP contribution in [0, 0.1) is 16.2 Å². The van der Waals surface area contributed by atoms with Crippen molar-refractivity contribution in [2.24, 2.45) is 16.2 Å². The highest BCUT2D eigenvalue weighted by molar-refractivity contribution is 7.97. The number of esters is 1. The third-order valence-electron chi connectivity index (χ3n) is 18.3. The zero-order valence-electron chi connectivity index (χ0n) is 68.6. The van der Waals surface area contributed by atoms with Crippen LogP contribution < -0.4 is 33.7 Å². The van der Waals surface area contributed by atoms with Gasteiger partial charge in [-0.25, -0.2) is 30.0 Å². The highest BCUT2D eigenvalue weighted by Crippen LogP contribution is 2.63. The number of ether oxygens (including phenoxy) is 6. The first kappa shape index (κ1) is 116. The minimum absolute atomic E-state index is 0.141. The Kier molecular flexibility index (Phi) is 34.5. The van der Waals surface area contributed by atoms with E-state index in [4.69, 9.17) is 4.74 Å². The Morgan fingerprint density at radius 3 is 0.736 bits per heavy atom. The molecule has 0 aromatic heterocycles. The summed E-state index contributed by atoms with van der Waals surface area (Å²) >= 11 is 0. The lowest BCUT2D eigenvalue weighted by atomic mass is 9.86. The molecule has 60 heteroatoms. The summed E-state index contributed by atoms with van der Waals surface area (Å²) in [5.41, 5.74) is -19.6. The zero-order chi connectivity index (χ0) is 107. The third-order valence-corrected chi connectivity index (χ3v) is 27.5. The fraction of sp³-hybridized carbons (Fsp3) is 0.300. The van der Waals surface area contributed by atoms with E-state index in [1.54, 1.807) is 86.8 Å². The van der Waals surface area contributed by atoms with E-state index in [-0.39, 0.29) is 15.5 Å². The predicted molar refractivity (Wildman–Crippen MR) is 412 cm³/mol. The SMILES string of the molecule is CC(C)(C)Oc1ccc([S+](c2ccc(OCC(C(F)(F)F)(C(F)(F)F)C(F)(F)F)cc2)c2ccc(OC(C(F)(F)F)C(F)(F)S(=O)(=O)[O-])cc2)cc1.O=C(Nc1ccc([S+](c2ccccc2)c2ccc(OCC(C(F)(F)F)(C(F)(F)F)C(F)(F)F)cc2)cc1)C(F)(F)S(=O)(=O)[O-].O=C(Oc1ccc([S+](c2ccccc2)c2ccc(OCC(C(F)(F)F)(C(F)(F)F)C(F)(F)F)cc2)cc1)C(F)(F)S(=O)(=O)[O-]. The number of hydrogen-bond donors (Lipinski definition) is 1. The molecule has 140 heavy (non-hydrogen) atoms. The molecule has 9 rings (SSSR count). The van der Waals surface area contributed by atoms with Crippen LogP contribution in [0.1, 0.15) is 20.8 Å².